The molecule has 168 valence electrons. The van der Waals surface area contributed by atoms with E-state index in [0.29, 0.717) is 11.0 Å². The fourth-order valence-electron chi connectivity index (χ4n) is 3.45. The third-order valence-electron chi connectivity index (χ3n) is 5.31. The Kier molecular flexibility index (Phi) is 7.10. The van der Waals surface area contributed by atoms with Crippen LogP contribution in [0.25, 0.3) is 17.1 Å². The number of nitrogens with zero attached hydrogens (tertiary/aromatic N) is 3. The molecule has 0 aliphatic rings. The second kappa shape index (κ2) is 10.4. The summed E-state index contributed by atoms with van der Waals surface area (Å²) >= 11 is 1.38. The van der Waals surface area contributed by atoms with Crippen LogP contribution in [0.2, 0.25) is 0 Å². The minimum atomic E-state index is -0.360. The van der Waals surface area contributed by atoms with E-state index in [1.807, 2.05) is 103 Å². The number of nitrogens with one attached hydrogen (secondary N) is 1. The number of benzene rings is 3. The molecule has 3 aromatic carbocycles. The number of hydrogen-bond acceptors (Lipinski definition) is 5. The van der Waals surface area contributed by atoms with Gasteiger partial charge in [0.15, 0.2) is 11.0 Å². The van der Waals surface area contributed by atoms with Crippen LogP contribution in [0.1, 0.15) is 25.5 Å². The fourth-order valence-corrected chi connectivity index (χ4v) is 4.33. The van der Waals surface area contributed by atoms with Gasteiger partial charge in [-0.05, 0) is 43.7 Å². The van der Waals surface area contributed by atoms with Crippen LogP contribution < -0.4 is 10.1 Å². The quantitative estimate of drug-likeness (QED) is 0.363. The standard InChI is InChI=1S/C26H26N4O2S/c1-18(20-10-6-4-7-11-20)27-25(31)19(2)33-26-29-28-24(21-12-8-5-9-13-21)30(26)22-14-16-23(32-3)17-15-22/h4-19H,1-3H3,(H,27,31). The van der Waals surface area contributed by atoms with Crippen molar-refractivity contribution in [2.24, 2.45) is 0 Å². The highest BCUT2D eigenvalue weighted by Crippen LogP contribution is 2.31. The average molecular weight is 459 g/mol. The van der Waals surface area contributed by atoms with E-state index in [0.717, 1.165) is 22.6 Å². The van der Waals surface area contributed by atoms with Gasteiger partial charge < -0.3 is 10.1 Å². The van der Waals surface area contributed by atoms with Crippen molar-refractivity contribution in [1.29, 1.82) is 0 Å². The molecule has 0 saturated heterocycles. The van der Waals surface area contributed by atoms with Crippen LogP contribution >= 0.6 is 11.8 Å². The lowest BCUT2D eigenvalue weighted by atomic mass is 10.1. The number of aromatic nitrogens is 3. The Hall–Kier alpha value is -3.58. The van der Waals surface area contributed by atoms with Gasteiger partial charge in [-0.3, -0.25) is 9.36 Å². The highest BCUT2D eigenvalue weighted by atomic mass is 32.2. The zero-order chi connectivity index (χ0) is 23.2. The molecule has 7 heteroatoms. The van der Waals surface area contributed by atoms with E-state index in [1.54, 1.807) is 7.11 Å². The maximum atomic E-state index is 12.9. The smallest absolute Gasteiger partial charge is 0.233 e. The molecule has 0 fully saturated rings. The molecule has 4 aromatic rings. The van der Waals surface area contributed by atoms with E-state index in [2.05, 4.69) is 15.5 Å². The van der Waals surface area contributed by atoms with Gasteiger partial charge in [-0.25, -0.2) is 0 Å². The number of amides is 1. The maximum absolute atomic E-state index is 12.9. The molecule has 1 aromatic heterocycles. The third kappa shape index (κ3) is 5.26. The van der Waals surface area contributed by atoms with E-state index < -0.39 is 0 Å². The lowest BCUT2D eigenvalue weighted by Gasteiger charge is -2.18. The van der Waals surface area contributed by atoms with E-state index >= 15 is 0 Å². The maximum Gasteiger partial charge on any atom is 0.233 e. The molecular formula is C26H26N4O2S. The first-order chi connectivity index (χ1) is 16.1. The van der Waals surface area contributed by atoms with Gasteiger partial charge in [-0.15, -0.1) is 10.2 Å². The van der Waals surface area contributed by atoms with Crippen LogP contribution in [0.4, 0.5) is 0 Å². The largest absolute Gasteiger partial charge is 0.497 e. The van der Waals surface area contributed by atoms with Crippen molar-refractivity contribution >= 4 is 17.7 Å². The molecule has 2 unspecified atom stereocenters. The van der Waals surface area contributed by atoms with Crippen molar-refractivity contribution in [3.63, 3.8) is 0 Å². The molecule has 0 spiro atoms. The van der Waals surface area contributed by atoms with Gasteiger partial charge in [-0.2, -0.15) is 0 Å². The molecule has 1 heterocycles. The van der Waals surface area contributed by atoms with Gasteiger partial charge in [-0.1, -0.05) is 72.4 Å². The van der Waals surface area contributed by atoms with E-state index in [4.69, 9.17) is 4.74 Å². The number of carbonyl (C=O) groups excluding carboxylic acids is 1. The van der Waals surface area contributed by atoms with Crippen LogP contribution in [0, 0.1) is 0 Å². The van der Waals surface area contributed by atoms with Crippen LogP contribution in [0.15, 0.2) is 90.1 Å². The Morgan fingerprint density at radius 2 is 1.55 bits per heavy atom. The molecule has 0 radical (unpaired) electrons. The van der Waals surface area contributed by atoms with Crippen LogP contribution in [-0.4, -0.2) is 33.0 Å². The summed E-state index contributed by atoms with van der Waals surface area (Å²) in [5.74, 6) is 1.43. The number of carbonyl (C=O) groups is 1. The van der Waals surface area contributed by atoms with E-state index in [1.165, 1.54) is 11.8 Å². The molecule has 1 N–H and O–H groups in total. The monoisotopic (exact) mass is 458 g/mol. The highest BCUT2D eigenvalue weighted by molar-refractivity contribution is 8.00. The summed E-state index contributed by atoms with van der Waals surface area (Å²) < 4.78 is 7.28. The summed E-state index contributed by atoms with van der Waals surface area (Å²) in [4.78, 5) is 12.9. The Labute approximate surface area is 198 Å². The Balaban J connectivity index is 1.60. The normalized spacial score (nSPS) is 12.7. The zero-order valence-corrected chi connectivity index (χ0v) is 19.6. The first-order valence-electron chi connectivity index (χ1n) is 10.7. The number of hydrogen-bond donors (Lipinski definition) is 1. The van der Waals surface area contributed by atoms with Gasteiger partial charge in [0, 0.05) is 11.3 Å². The molecule has 0 bridgehead atoms. The molecule has 2 atom stereocenters. The third-order valence-corrected chi connectivity index (χ3v) is 6.35. The Morgan fingerprint density at radius 3 is 2.18 bits per heavy atom. The molecule has 6 nitrogen and oxygen atoms in total. The van der Waals surface area contributed by atoms with Gasteiger partial charge in [0.2, 0.25) is 5.91 Å². The van der Waals surface area contributed by atoms with Crippen LogP contribution in [-0.2, 0) is 4.79 Å². The lowest BCUT2D eigenvalue weighted by Crippen LogP contribution is -2.33. The minimum absolute atomic E-state index is 0.0538. The van der Waals surface area contributed by atoms with Gasteiger partial charge in [0.05, 0.1) is 18.4 Å². The number of methoxy groups -OCH3 is 1. The SMILES string of the molecule is COc1ccc(-n2c(SC(C)C(=O)NC(C)c3ccccc3)nnc2-c2ccccc2)cc1. The van der Waals surface area contributed by atoms with Gasteiger partial charge >= 0.3 is 0 Å². The van der Waals surface area contributed by atoms with Crippen LogP contribution in [0.3, 0.4) is 0 Å². The number of rotatable bonds is 8. The Morgan fingerprint density at radius 1 is 0.909 bits per heavy atom. The van der Waals surface area contributed by atoms with E-state index in [9.17, 15) is 4.79 Å². The fraction of sp³-hybridized carbons (Fsp3) is 0.192. The molecular weight excluding hydrogens is 432 g/mol. The second-order valence-electron chi connectivity index (χ2n) is 7.61. The van der Waals surface area contributed by atoms with E-state index in [-0.39, 0.29) is 17.2 Å². The first-order valence-corrected chi connectivity index (χ1v) is 11.6. The van der Waals surface area contributed by atoms with Gasteiger partial charge in [0.1, 0.15) is 5.75 Å². The molecule has 0 aliphatic heterocycles. The summed E-state index contributed by atoms with van der Waals surface area (Å²) in [5, 5.41) is 12.3. The highest BCUT2D eigenvalue weighted by Gasteiger charge is 2.23. The topological polar surface area (TPSA) is 69.0 Å². The predicted molar refractivity (Wildman–Crippen MR) is 132 cm³/mol. The summed E-state index contributed by atoms with van der Waals surface area (Å²) in [6.45, 7) is 3.87. The number of ether oxygens (including phenoxy) is 1. The van der Waals surface area contributed by atoms with Crippen LogP contribution in [0.5, 0.6) is 5.75 Å². The summed E-state index contributed by atoms with van der Waals surface area (Å²) in [6.07, 6.45) is 0. The van der Waals surface area contributed by atoms with Crippen molar-refractivity contribution in [1.82, 2.24) is 20.1 Å². The molecule has 33 heavy (non-hydrogen) atoms. The van der Waals surface area contributed by atoms with Crippen molar-refractivity contribution in [3.8, 4) is 22.8 Å². The summed E-state index contributed by atoms with van der Waals surface area (Å²) in [5.41, 5.74) is 2.91. The summed E-state index contributed by atoms with van der Waals surface area (Å²) in [6, 6.07) is 27.5. The lowest BCUT2D eigenvalue weighted by molar-refractivity contribution is -0.120. The molecule has 4 rings (SSSR count). The van der Waals surface area contributed by atoms with Crippen molar-refractivity contribution in [2.75, 3.05) is 7.11 Å². The number of thioether (sulfide) groups is 1. The summed E-state index contributed by atoms with van der Waals surface area (Å²) in [7, 11) is 1.64. The first kappa shape index (κ1) is 22.6. The van der Waals surface area contributed by atoms with Crippen molar-refractivity contribution in [3.05, 3.63) is 90.5 Å². The second-order valence-corrected chi connectivity index (χ2v) is 8.91. The molecule has 0 aliphatic carbocycles. The predicted octanol–water partition coefficient (Wildman–Crippen LogP) is 5.30. The molecule has 0 saturated carbocycles. The van der Waals surface area contributed by atoms with Gasteiger partial charge in [0.25, 0.3) is 0 Å². The zero-order valence-electron chi connectivity index (χ0n) is 18.8. The van der Waals surface area contributed by atoms with Crippen molar-refractivity contribution < 1.29 is 9.53 Å². The average Bonchev–Trinajstić information content (AvgIpc) is 3.28. The minimum Gasteiger partial charge on any atom is -0.497 e. The van der Waals surface area contributed by atoms with Crippen molar-refractivity contribution in [2.45, 2.75) is 30.3 Å². The molecule has 1 amide bonds. The Bertz CT molecular complexity index is 1190.